The van der Waals surface area contributed by atoms with Crippen molar-refractivity contribution >= 4 is 40.6 Å². The number of aromatic hydroxyl groups is 1. The van der Waals surface area contributed by atoms with Crippen LogP contribution in [0.4, 0.5) is 15.9 Å². The molecule has 188 valence electrons. The molecule has 4 aromatic rings. The van der Waals surface area contributed by atoms with E-state index in [2.05, 4.69) is 10.1 Å². The van der Waals surface area contributed by atoms with Crippen molar-refractivity contribution in [1.82, 2.24) is 10.1 Å². The Bertz CT molecular complexity index is 1520. The van der Waals surface area contributed by atoms with Gasteiger partial charge in [-0.05, 0) is 55.2 Å². The summed E-state index contributed by atoms with van der Waals surface area (Å²) in [5, 5.41) is 14.7. The molecule has 3 heterocycles. The zero-order valence-electron chi connectivity index (χ0n) is 19.4. The Balaban J connectivity index is 1.31. The van der Waals surface area contributed by atoms with Gasteiger partial charge in [0, 0.05) is 24.0 Å². The minimum atomic E-state index is -0.785. The second kappa shape index (κ2) is 9.36. The third-order valence-electron chi connectivity index (χ3n) is 6.52. The van der Waals surface area contributed by atoms with Crippen LogP contribution in [0.2, 0.25) is 10.0 Å². The van der Waals surface area contributed by atoms with E-state index in [1.165, 1.54) is 4.90 Å². The van der Waals surface area contributed by atoms with E-state index in [0.29, 0.717) is 39.2 Å². The summed E-state index contributed by atoms with van der Waals surface area (Å²) in [5.74, 6) is 0.104. The quantitative estimate of drug-likeness (QED) is 0.285. The number of hydrogen-bond acceptors (Lipinski definition) is 6. The Morgan fingerprint density at radius 1 is 1.14 bits per heavy atom. The van der Waals surface area contributed by atoms with Crippen molar-refractivity contribution in [3.05, 3.63) is 81.4 Å². The third-order valence-corrected chi connectivity index (χ3v) is 7.15. The van der Waals surface area contributed by atoms with Crippen LogP contribution in [0.15, 0.2) is 53.2 Å². The van der Waals surface area contributed by atoms with Crippen molar-refractivity contribution in [2.75, 3.05) is 4.90 Å². The fraction of sp³-hybridized carbons (Fsp3) is 0.222. The molecule has 7 nitrogen and oxygen atoms in total. The Kier molecular flexibility index (Phi) is 6.01. The van der Waals surface area contributed by atoms with Gasteiger partial charge < -0.3 is 14.4 Å². The average molecular weight is 540 g/mol. The lowest BCUT2D eigenvalue weighted by atomic mass is 10.0. The molecule has 1 N–H and O–H groups in total. The molecule has 1 aliphatic heterocycles. The third kappa shape index (κ3) is 4.40. The SMILES string of the molecule is O=C1CCc2cc(OCc3c(-c4c(Cl)cccc4Cl)noc3C3CC3)ccc2N1c1ncc(O)cc1F. The highest BCUT2D eigenvalue weighted by molar-refractivity contribution is 6.39. The standard InChI is InChI=1S/C27H20Cl2FN3O4/c28-19-2-1-3-20(29)24(19)25-18(26(37-32-25)14-4-5-14)13-36-17-7-8-22-15(10-17)6-9-23(35)33(22)27-21(30)11-16(34)12-31-27/h1-3,7-8,10-12,14,34H,4-6,9,13H2. The van der Waals surface area contributed by atoms with Gasteiger partial charge in [0.15, 0.2) is 11.6 Å². The fourth-order valence-corrected chi connectivity index (χ4v) is 5.16. The molecule has 37 heavy (non-hydrogen) atoms. The first-order valence-corrected chi connectivity index (χ1v) is 12.5. The molecule has 0 spiro atoms. The van der Waals surface area contributed by atoms with Gasteiger partial charge in [0.05, 0.1) is 27.5 Å². The Morgan fingerprint density at radius 3 is 2.65 bits per heavy atom. The number of carbonyl (C=O) groups excluding carboxylic acids is 1. The smallest absolute Gasteiger partial charge is 0.233 e. The molecule has 0 saturated heterocycles. The van der Waals surface area contributed by atoms with E-state index in [1.807, 2.05) is 6.07 Å². The van der Waals surface area contributed by atoms with Crippen molar-refractivity contribution in [2.45, 2.75) is 38.2 Å². The van der Waals surface area contributed by atoms with Gasteiger partial charge >= 0.3 is 0 Å². The number of halogens is 3. The number of amides is 1. The van der Waals surface area contributed by atoms with Gasteiger partial charge in [-0.25, -0.2) is 9.37 Å². The highest BCUT2D eigenvalue weighted by Gasteiger charge is 2.34. The van der Waals surface area contributed by atoms with Gasteiger partial charge in [0.25, 0.3) is 0 Å². The van der Waals surface area contributed by atoms with Crippen molar-refractivity contribution in [2.24, 2.45) is 0 Å². The number of anilines is 2. The van der Waals surface area contributed by atoms with Gasteiger partial charge in [-0.1, -0.05) is 34.4 Å². The number of nitrogens with zero attached hydrogens (tertiary/aromatic N) is 3. The van der Waals surface area contributed by atoms with Crippen LogP contribution in [0.3, 0.4) is 0 Å². The molecule has 2 aromatic heterocycles. The molecular formula is C27H20Cl2FN3O4. The van der Waals surface area contributed by atoms with E-state index in [-0.39, 0.29) is 36.4 Å². The second-order valence-electron chi connectivity index (χ2n) is 9.05. The molecule has 10 heteroatoms. The summed E-state index contributed by atoms with van der Waals surface area (Å²) in [6.07, 6.45) is 3.80. The summed E-state index contributed by atoms with van der Waals surface area (Å²) in [5.41, 5.74) is 3.29. The first-order valence-electron chi connectivity index (χ1n) is 11.8. The maximum atomic E-state index is 14.5. The summed E-state index contributed by atoms with van der Waals surface area (Å²) < 4.78 is 26.4. The van der Waals surface area contributed by atoms with Crippen molar-refractivity contribution in [1.29, 1.82) is 0 Å². The number of ether oxygens (including phenoxy) is 1. The van der Waals surface area contributed by atoms with Gasteiger partial charge in [-0.2, -0.15) is 0 Å². The monoisotopic (exact) mass is 539 g/mol. The predicted molar refractivity (Wildman–Crippen MR) is 136 cm³/mol. The van der Waals surface area contributed by atoms with Gasteiger partial charge in [-0.3, -0.25) is 9.69 Å². The second-order valence-corrected chi connectivity index (χ2v) is 9.87. The van der Waals surface area contributed by atoms with Crippen LogP contribution in [-0.4, -0.2) is 21.2 Å². The molecule has 2 aliphatic rings. The van der Waals surface area contributed by atoms with E-state index in [4.69, 9.17) is 32.5 Å². The first-order chi connectivity index (χ1) is 17.9. The highest BCUT2D eigenvalue weighted by atomic mass is 35.5. The highest BCUT2D eigenvalue weighted by Crippen LogP contribution is 2.46. The van der Waals surface area contributed by atoms with Crippen molar-refractivity contribution in [3.8, 4) is 22.8 Å². The van der Waals surface area contributed by atoms with Gasteiger partial charge in [0.1, 0.15) is 29.6 Å². The van der Waals surface area contributed by atoms with Crippen LogP contribution >= 0.6 is 23.2 Å². The predicted octanol–water partition coefficient (Wildman–Crippen LogP) is 6.96. The van der Waals surface area contributed by atoms with E-state index in [0.717, 1.165) is 42.0 Å². The molecule has 0 bridgehead atoms. The van der Waals surface area contributed by atoms with Crippen molar-refractivity contribution in [3.63, 3.8) is 0 Å². The largest absolute Gasteiger partial charge is 0.506 e. The maximum Gasteiger partial charge on any atom is 0.233 e. The Labute approximate surface area is 221 Å². The first kappa shape index (κ1) is 23.8. The van der Waals surface area contributed by atoms with E-state index < -0.39 is 5.82 Å². The average Bonchev–Trinajstić information content (AvgIpc) is 3.63. The minimum Gasteiger partial charge on any atom is -0.506 e. The lowest BCUT2D eigenvalue weighted by Crippen LogP contribution is -2.32. The van der Waals surface area contributed by atoms with E-state index >= 15 is 0 Å². The number of aromatic nitrogens is 2. The molecular weight excluding hydrogens is 520 g/mol. The van der Waals surface area contributed by atoms with Crippen LogP contribution in [0, 0.1) is 5.82 Å². The van der Waals surface area contributed by atoms with Crippen LogP contribution in [0.1, 0.15) is 42.1 Å². The molecule has 1 saturated carbocycles. The topological polar surface area (TPSA) is 88.7 Å². The summed E-state index contributed by atoms with van der Waals surface area (Å²) in [6.45, 7) is 0.182. The molecule has 0 unspecified atom stereocenters. The summed E-state index contributed by atoms with van der Waals surface area (Å²) in [6, 6.07) is 11.5. The maximum absolute atomic E-state index is 14.5. The Morgan fingerprint density at radius 2 is 1.92 bits per heavy atom. The number of pyridine rings is 1. The molecule has 2 aromatic carbocycles. The summed E-state index contributed by atoms with van der Waals surface area (Å²) >= 11 is 12.9. The minimum absolute atomic E-state index is 0.155. The van der Waals surface area contributed by atoms with Crippen molar-refractivity contribution < 1.29 is 23.6 Å². The zero-order valence-corrected chi connectivity index (χ0v) is 20.9. The number of carbonyl (C=O) groups is 1. The number of hydrogen-bond donors (Lipinski definition) is 1. The van der Waals surface area contributed by atoms with Crippen LogP contribution < -0.4 is 9.64 Å². The lowest BCUT2D eigenvalue weighted by Gasteiger charge is -2.29. The van der Waals surface area contributed by atoms with E-state index in [9.17, 15) is 14.3 Å². The van der Waals surface area contributed by atoms with Crippen LogP contribution in [0.25, 0.3) is 11.3 Å². The van der Waals surface area contributed by atoms with Crippen LogP contribution in [-0.2, 0) is 17.8 Å². The molecule has 0 atom stereocenters. The van der Waals surface area contributed by atoms with E-state index in [1.54, 1.807) is 30.3 Å². The number of rotatable bonds is 6. The molecule has 0 radical (unpaired) electrons. The van der Waals surface area contributed by atoms with Gasteiger partial charge in [-0.15, -0.1) is 0 Å². The zero-order chi connectivity index (χ0) is 25.7. The molecule has 1 amide bonds. The molecule has 1 fully saturated rings. The lowest BCUT2D eigenvalue weighted by molar-refractivity contribution is -0.118. The Hall–Kier alpha value is -3.62. The molecule has 6 rings (SSSR count). The summed E-state index contributed by atoms with van der Waals surface area (Å²) in [4.78, 5) is 17.9. The van der Waals surface area contributed by atoms with Crippen LogP contribution in [0.5, 0.6) is 11.5 Å². The normalized spacial score (nSPS) is 15.1. The number of benzene rings is 2. The fourth-order valence-electron chi connectivity index (χ4n) is 4.58. The number of fused-ring (bicyclic) bond motifs is 1. The summed E-state index contributed by atoms with van der Waals surface area (Å²) in [7, 11) is 0. The van der Waals surface area contributed by atoms with Gasteiger partial charge in [0.2, 0.25) is 5.91 Å². The molecule has 1 aliphatic carbocycles. The number of aryl methyl sites for hydroxylation is 1.